The van der Waals surface area contributed by atoms with E-state index in [1.807, 2.05) is 0 Å². The topological polar surface area (TPSA) is 117 Å². The summed E-state index contributed by atoms with van der Waals surface area (Å²) < 4.78 is 102. The first-order chi connectivity index (χ1) is 21.4. The number of anilines is 1. The SMILES string of the molecule is COc1ccc(CN(c2nncs2)S(=O)(=O)c2cc(C)c(Oc3ccc(C(F)(F)F)cc3-c3ccnnc3)cc2F)c(OC)c1. The lowest BCUT2D eigenvalue weighted by Gasteiger charge is -2.23. The molecule has 3 aromatic carbocycles. The molecule has 0 atom stereocenters. The van der Waals surface area contributed by atoms with Crippen molar-refractivity contribution in [1.82, 2.24) is 20.4 Å². The van der Waals surface area contributed by atoms with Crippen LogP contribution in [0.15, 0.2) is 77.4 Å². The first-order valence-corrected chi connectivity index (χ1v) is 15.2. The Hall–Kier alpha value is -4.83. The molecule has 0 aliphatic rings. The van der Waals surface area contributed by atoms with Crippen LogP contribution in [0.5, 0.6) is 23.0 Å². The normalized spacial score (nSPS) is 11.7. The summed E-state index contributed by atoms with van der Waals surface area (Å²) in [6, 6.07) is 11.0. The largest absolute Gasteiger partial charge is 0.497 e. The van der Waals surface area contributed by atoms with Gasteiger partial charge in [-0.05, 0) is 55.0 Å². The number of ether oxygens (including phenoxy) is 3. The highest BCUT2D eigenvalue weighted by molar-refractivity contribution is 7.93. The molecule has 0 aliphatic heterocycles. The third kappa shape index (κ3) is 6.66. The van der Waals surface area contributed by atoms with Crippen LogP contribution in [-0.4, -0.2) is 43.0 Å². The zero-order valence-corrected chi connectivity index (χ0v) is 25.4. The molecule has 0 fully saturated rings. The number of nitrogens with zero attached hydrogens (tertiary/aromatic N) is 5. The molecule has 45 heavy (non-hydrogen) atoms. The van der Waals surface area contributed by atoms with Crippen LogP contribution >= 0.6 is 11.3 Å². The Balaban J connectivity index is 1.54. The van der Waals surface area contributed by atoms with Gasteiger partial charge in [-0.15, -0.1) is 10.2 Å². The first kappa shape index (κ1) is 31.6. The van der Waals surface area contributed by atoms with E-state index in [1.54, 1.807) is 18.2 Å². The van der Waals surface area contributed by atoms with E-state index >= 15 is 4.39 Å². The monoisotopic (exact) mass is 661 g/mol. The van der Waals surface area contributed by atoms with Crippen molar-refractivity contribution in [3.63, 3.8) is 0 Å². The van der Waals surface area contributed by atoms with Crippen molar-refractivity contribution in [3.05, 3.63) is 95.0 Å². The number of alkyl halides is 3. The number of hydrogen-bond acceptors (Lipinski definition) is 10. The summed E-state index contributed by atoms with van der Waals surface area (Å²) in [5.74, 6) is -0.512. The van der Waals surface area contributed by atoms with Gasteiger partial charge in [-0.1, -0.05) is 11.3 Å². The van der Waals surface area contributed by atoms with E-state index in [0.717, 1.165) is 46.0 Å². The number of hydrogen-bond donors (Lipinski definition) is 0. The van der Waals surface area contributed by atoms with Crippen LogP contribution < -0.4 is 18.5 Å². The maximum absolute atomic E-state index is 15.7. The lowest BCUT2D eigenvalue weighted by molar-refractivity contribution is -0.137. The number of methoxy groups -OCH3 is 2. The van der Waals surface area contributed by atoms with E-state index in [1.165, 1.54) is 45.1 Å². The molecule has 0 radical (unpaired) electrons. The van der Waals surface area contributed by atoms with Gasteiger partial charge in [0.25, 0.3) is 10.0 Å². The van der Waals surface area contributed by atoms with Gasteiger partial charge in [0.2, 0.25) is 5.13 Å². The average Bonchev–Trinajstić information content (AvgIpc) is 3.56. The lowest BCUT2D eigenvalue weighted by atomic mass is 10.0. The second kappa shape index (κ2) is 12.6. The molecule has 0 bridgehead atoms. The number of halogens is 4. The van der Waals surface area contributed by atoms with Crippen LogP contribution in [0.25, 0.3) is 11.1 Å². The predicted molar refractivity (Wildman–Crippen MR) is 157 cm³/mol. The number of aryl methyl sites for hydroxylation is 1. The summed E-state index contributed by atoms with van der Waals surface area (Å²) in [6.45, 7) is 1.20. The summed E-state index contributed by atoms with van der Waals surface area (Å²) in [7, 11) is -1.71. The highest BCUT2D eigenvalue weighted by atomic mass is 32.2. The van der Waals surface area contributed by atoms with Crippen LogP contribution in [0.4, 0.5) is 22.7 Å². The third-order valence-corrected chi connectivity index (χ3v) is 9.17. The van der Waals surface area contributed by atoms with Gasteiger partial charge in [-0.2, -0.15) is 23.4 Å². The van der Waals surface area contributed by atoms with Gasteiger partial charge in [-0.25, -0.2) is 17.1 Å². The molecule has 2 heterocycles. The Labute approximate surface area is 258 Å². The smallest absolute Gasteiger partial charge is 0.416 e. The van der Waals surface area contributed by atoms with Gasteiger partial charge in [0.05, 0.1) is 38.7 Å². The molecule has 0 unspecified atom stereocenters. The van der Waals surface area contributed by atoms with Gasteiger partial charge in [0.15, 0.2) is 0 Å². The minimum atomic E-state index is -4.64. The molecule has 5 aromatic rings. The fourth-order valence-corrected chi connectivity index (χ4v) is 6.63. The van der Waals surface area contributed by atoms with Crippen molar-refractivity contribution >= 4 is 26.5 Å². The lowest BCUT2D eigenvalue weighted by Crippen LogP contribution is -2.31. The van der Waals surface area contributed by atoms with Crippen molar-refractivity contribution in [1.29, 1.82) is 0 Å². The summed E-state index contributed by atoms with van der Waals surface area (Å²) >= 11 is 0.932. The minimum Gasteiger partial charge on any atom is -0.497 e. The fourth-order valence-electron chi connectivity index (χ4n) is 4.32. The molecule has 0 spiro atoms. The molecule has 16 heteroatoms. The van der Waals surface area contributed by atoms with E-state index in [9.17, 15) is 21.6 Å². The average molecular weight is 662 g/mol. The Bertz CT molecular complexity index is 1930. The van der Waals surface area contributed by atoms with Crippen LogP contribution in [0.1, 0.15) is 16.7 Å². The molecule has 0 aliphatic carbocycles. The van der Waals surface area contributed by atoms with E-state index in [-0.39, 0.29) is 39.9 Å². The van der Waals surface area contributed by atoms with Gasteiger partial charge in [-0.3, -0.25) is 0 Å². The third-order valence-electron chi connectivity index (χ3n) is 6.59. The Morgan fingerprint density at radius 1 is 0.911 bits per heavy atom. The number of benzene rings is 3. The second-order valence-electron chi connectivity index (χ2n) is 9.40. The standard InChI is InChI=1S/C29H23F4N5O5S2/c1-17-10-27(45(39,40)38(28-37-36-16-44-28)15-19-4-6-21(41-2)12-26(19)42-3)23(30)13-25(17)43-24-7-5-20(29(31,32)33)11-22(24)18-8-9-34-35-14-18/h4-14,16H,15H2,1-3H3. The predicted octanol–water partition coefficient (Wildman–Crippen LogP) is 6.67. The van der Waals surface area contributed by atoms with Crippen molar-refractivity contribution in [2.24, 2.45) is 0 Å². The van der Waals surface area contributed by atoms with Gasteiger partial charge in [0.1, 0.15) is 39.2 Å². The van der Waals surface area contributed by atoms with Crippen LogP contribution in [-0.2, 0) is 22.7 Å². The fraction of sp³-hybridized carbons (Fsp3) is 0.172. The van der Waals surface area contributed by atoms with Gasteiger partial charge in [0, 0.05) is 28.8 Å². The zero-order chi connectivity index (χ0) is 32.4. The molecule has 2 aromatic heterocycles. The summed E-state index contributed by atoms with van der Waals surface area (Å²) in [4.78, 5) is -0.680. The van der Waals surface area contributed by atoms with E-state index < -0.39 is 32.5 Å². The highest BCUT2D eigenvalue weighted by Gasteiger charge is 2.33. The Kier molecular flexibility index (Phi) is 8.88. The van der Waals surface area contributed by atoms with E-state index in [4.69, 9.17) is 14.2 Å². The van der Waals surface area contributed by atoms with Crippen molar-refractivity contribution in [2.45, 2.75) is 24.5 Å². The van der Waals surface area contributed by atoms with Crippen molar-refractivity contribution in [2.75, 3.05) is 18.5 Å². The molecule has 10 nitrogen and oxygen atoms in total. The number of sulfonamides is 1. The molecule has 0 N–H and O–H groups in total. The maximum Gasteiger partial charge on any atom is 0.416 e. The molecule has 0 saturated heterocycles. The number of aromatic nitrogens is 4. The van der Waals surface area contributed by atoms with Gasteiger partial charge >= 0.3 is 6.18 Å². The van der Waals surface area contributed by atoms with Crippen LogP contribution in [0, 0.1) is 12.7 Å². The Morgan fingerprint density at radius 3 is 2.36 bits per heavy atom. The molecular formula is C29H23F4N5O5S2. The quantitative estimate of drug-likeness (QED) is 0.151. The van der Waals surface area contributed by atoms with Crippen LogP contribution in [0.3, 0.4) is 0 Å². The summed E-state index contributed by atoms with van der Waals surface area (Å²) in [6.07, 6.45) is -2.08. The molecular weight excluding hydrogens is 638 g/mol. The molecule has 0 amide bonds. The number of rotatable bonds is 10. The van der Waals surface area contributed by atoms with E-state index in [0.29, 0.717) is 17.1 Å². The molecule has 0 saturated carbocycles. The van der Waals surface area contributed by atoms with E-state index in [2.05, 4.69) is 20.4 Å². The molecule has 234 valence electrons. The summed E-state index contributed by atoms with van der Waals surface area (Å²) in [5.41, 5.74) is 1.32. The van der Waals surface area contributed by atoms with Crippen molar-refractivity contribution < 1.29 is 40.2 Å². The second-order valence-corrected chi connectivity index (χ2v) is 12.0. The van der Waals surface area contributed by atoms with Gasteiger partial charge < -0.3 is 14.2 Å². The maximum atomic E-state index is 15.7. The van der Waals surface area contributed by atoms with Crippen LogP contribution in [0.2, 0.25) is 0 Å². The highest BCUT2D eigenvalue weighted by Crippen LogP contribution is 2.40. The first-order valence-electron chi connectivity index (χ1n) is 12.9. The Morgan fingerprint density at radius 2 is 1.71 bits per heavy atom. The minimum absolute atomic E-state index is 0.0205. The summed E-state index contributed by atoms with van der Waals surface area (Å²) in [5, 5.41) is 15.0. The molecule has 5 rings (SSSR count). The van der Waals surface area contributed by atoms with Crippen molar-refractivity contribution in [3.8, 4) is 34.1 Å². The zero-order valence-electron chi connectivity index (χ0n) is 23.7.